The van der Waals surface area contributed by atoms with Crippen LogP contribution in [-0.2, 0) is 4.74 Å². The molecule has 0 saturated carbocycles. The molecule has 1 saturated heterocycles. The first-order valence-electron chi connectivity index (χ1n) is 7.52. The summed E-state index contributed by atoms with van der Waals surface area (Å²) < 4.78 is 5.01. The van der Waals surface area contributed by atoms with Gasteiger partial charge in [-0.15, -0.1) is 0 Å². The molecule has 0 radical (unpaired) electrons. The van der Waals surface area contributed by atoms with Gasteiger partial charge in [0.1, 0.15) is 0 Å². The van der Waals surface area contributed by atoms with Gasteiger partial charge in [0.15, 0.2) is 5.96 Å². The number of hydrogen-bond acceptors (Lipinski definition) is 3. The van der Waals surface area contributed by atoms with Crippen LogP contribution in [0.5, 0.6) is 0 Å². The van der Waals surface area contributed by atoms with Gasteiger partial charge in [-0.2, -0.15) is 0 Å². The number of nitrogens with one attached hydrogen (secondary N) is 2. The van der Waals surface area contributed by atoms with Gasteiger partial charge in [0.05, 0.1) is 0 Å². The minimum absolute atomic E-state index is 0.791. The summed E-state index contributed by atoms with van der Waals surface area (Å²) in [6.07, 6.45) is 6.25. The lowest BCUT2D eigenvalue weighted by atomic mass is 10.3. The summed E-state index contributed by atoms with van der Waals surface area (Å²) in [6, 6.07) is 0. The van der Waals surface area contributed by atoms with Crippen LogP contribution in [-0.4, -0.2) is 64.3 Å². The second-order valence-corrected chi connectivity index (χ2v) is 5.03. The third-order valence-corrected chi connectivity index (χ3v) is 3.43. The average molecular weight is 270 g/mol. The summed E-state index contributed by atoms with van der Waals surface area (Å²) >= 11 is 0. The van der Waals surface area contributed by atoms with Crippen molar-refractivity contribution in [1.82, 2.24) is 15.5 Å². The van der Waals surface area contributed by atoms with Crippen LogP contribution < -0.4 is 10.6 Å². The number of ether oxygens (including phenoxy) is 1. The lowest BCUT2D eigenvalue weighted by Gasteiger charge is -2.15. The molecule has 0 aromatic heterocycles. The van der Waals surface area contributed by atoms with E-state index in [0.29, 0.717) is 0 Å². The summed E-state index contributed by atoms with van der Waals surface area (Å²) in [5.41, 5.74) is 0. The van der Waals surface area contributed by atoms with Crippen molar-refractivity contribution in [3.8, 4) is 0 Å². The predicted octanol–water partition coefficient (Wildman–Crippen LogP) is 1.06. The SMILES string of the molecule is CN=C(NCCCCN1CCCC1)NCCCOC. The maximum Gasteiger partial charge on any atom is 0.190 e. The Kier molecular flexibility index (Phi) is 9.45. The van der Waals surface area contributed by atoms with Gasteiger partial charge in [-0.3, -0.25) is 4.99 Å². The monoisotopic (exact) mass is 270 g/mol. The van der Waals surface area contributed by atoms with Crippen molar-refractivity contribution < 1.29 is 4.74 Å². The van der Waals surface area contributed by atoms with E-state index < -0.39 is 0 Å². The third-order valence-electron chi connectivity index (χ3n) is 3.43. The summed E-state index contributed by atoms with van der Waals surface area (Å²) in [6.45, 7) is 6.55. The highest BCUT2D eigenvalue weighted by Gasteiger charge is 2.09. The summed E-state index contributed by atoms with van der Waals surface area (Å²) in [4.78, 5) is 6.77. The quantitative estimate of drug-likeness (QED) is 0.374. The Labute approximate surface area is 117 Å². The molecule has 1 aliphatic rings. The van der Waals surface area contributed by atoms with Crippen LogP contribution in [0.2, 0.25) is 0 Å². The Hall–Kier alpha value is -0.810. The maximum absolute atomic E-state index is 5.01. The van der Waals surface area contributed by atoms with Crippen LogP contribution in [0.3, 0.4) is 0 Å². The second-order valence-electron chi connectivity index (χ2n) is 5.03. The number of guanidine groups is 1. The molecule has 1 fully saturated rings. The van der Waals surface area contributed by atoms with Crippen molar-refractivity contribution in [2.45, 2.75) is 32.1 Å². The molecule has 0 aromatic carbocycles. The number of hydrogen-bond donors (Lipinski definition) is 2. The molecular weight excluding hydrogens is 240 g/mol. The van der Waals surface area contributed by atoms with Gasteiger partial charge in [0.25, 0.3) is 0 Å². The van der Waals surface area contributed by atoms with Crippen LogP contribution in [0, 0.1) is 0 Å². The lowest BCUT2D eigenvalue weighted by Crippen LogP contribution is -2.38. The van der Waals surface area contributed by atoms with Crippen LogP contribution >= 0.6 is 0 Å². The number of likely N-dealkylation sites (tertiary alicyclic amines) is 1. The Bertz CT molecular complexity index is 240. The van der Waals surface area contributed by atoms with Crippen LogP contribution in [0.15, 0.2) is 4.99 Å². The molecule has 0 aliphatic carbocycles. The van der Waals surface area contributed by atoms with Crippen molar-refractivity contribution in [2.24, 2.45) is 4.99 Å². The molecule has 1 aliphatic heterocycles. The predicted molar refractivity (Wildman–Crippen MR) is 80.8 cm³/mol. The van der Waals surface area contributed by atoms with Crippen LogP contribution in [0.1, 0.15) is 32.1 Å². The summed E-state index contributed by atoms with van der Waals surface area (Å²) in [5.74, 6) is 0.900. The van der Waals surface area contributed by atoms with E-state index in [1.54, 1.807) is 7.11 Å². The van der Waals surface area contributed by atoms with E-state index >= 15 is 0 Å². The highest BCUT2D eigenvalue weighted by atomic mass is 16.5. The number of rotatable bonds is 9. The number of aliphatic imine (C=N–C) groups is 1. The smallest absolute Gasteiger partial charge is 0.190 e. The van der Waals surface area contributed by atoms with Gasteiger partial charge in [0, 0.05) is 33.9 Å². The summed E-state index contributed by atoms with van der Waals surface area (Å²) in [7, 11) is 3.54. The highest BCUT2D eigenvalue weighted by molar-refractivity contribution is 5.79. The van der Waals surface area contributed by atoms with E-state index in [1.165, 1.54) is 45.3 Å². The van der Waals surface area contributed by atoms with E-state index in [1.807, 2.05) is 7.05 Å². The normalized spacial score (nSPS) is 16.8. The van der Waals surface area contributed by atoms with E-state index in [0.717, 1.165) is 32.1 Å². The zero-order valence-electron chi connectivity index (χ0n) is 12.6. The van der Waals surface area contributed by atoms with Gasteiger partial charge in [-0.1, -0.05) is 0 Å². The Morgan fingerprint density at radius 1 is 1.11 bits per heavy atom. The molecule has 0 bridgehead atoms. The van der Waals surface area contributed by atoms with Gasteiger partial charge >= 0.3 is 0 Å². The first kappa shape index (κ1) is 16.2. The molecule has 0 amide bonds. The third kappa shape index (κ3) is 8.06. The zero-order chi connectivity index (χ0) is 13.8. The number of unbranched alkanes of at least 4 members (excludes halogenated alkanes) is 1. The zero-order valence-corrected chi connectivity index (χ0v) is 12.6. The molecule has 112 valence electrons. The largest absolute Gasteiger partial charge is 0.385 e. The van der Waals surface area contributed by atoms with Crippen molar-refractivity contribution in [3.63, 3.8) is 0 Å². The van der Waals surface area contributed by atoms with E-state index in [2.05, 4.69) is 20.5 Å². The van der Waals surface area contributed by atoms with Crippen molar-refractivity contribution in [3.05, 3.63) is 0 Å². The Morgan fingerprint density at radius 2 is 1.79 bits per heavy atom. The van der Waals surface area contributed by atoms with E-state index in [9.17, 15) is 0 Å². The fraction of sp³-hybridized carbons (Fsp3) is 0.929. The highest BCUT2D eigenvalue weighted by Crippen LogP contribution is 2.07. The molecule has 0 spiro atoms. The molecule has 1 rings (SSSR count). The minimum Gasteiger partial charge on any atom is -0.385 e. The van der Waals surface area contributed by atoms with Gasteiger partial charge in [0.2, 0.25) is 0 Å². The van der Waals surface area contributed by atoms with Crippen LogP contribution in [0.4, 0.5) is 0 Å². The average Bonchev–Trinajstić information content (AvgIpc) is 2.94. The number of nitrogens with zero attached hydrogens (tertiary/aromatic N) is 2. The molecule has 1 heterocycles. The van der Waals surface area contributed by atoms with E-state index in [-0.39, 0.29) is 0 Å². The van der Waals surface area contributed by atoms with Crippen molar-refractivity contribution >= 4 is 5.96 Å². The number of methoxy groups -OCH3 is 1. The molecule has 0 atom stereocenters. The molecule has 0 unspecified atom stereocenters. The van der Waals surface area contributed by atoms with Crippen molar-refractivity contribution in [2.75, 3.05) is 53.5 Å². The maximum atomic E-state index is 5.01. The Balaban J connectivity index is 1.93. The standard InChI is InChI=1S/C14H30N4O/c1-15-14(17-9-7-13-19-2)16-8-3-4-10-18-11-5-6-12-18/h3-13H2,1-2H3,(H2,15,16,17). The first-order valence-corrected chi connectivity index (χ1v) is 7.52. The molecule has 2 N–H and O–H groups in total. The van der Waals surface area contributed by atoms with E-state index in [4.69, 9.17) is 4.74 Å². The molecular formula is C14H30N4O. The summed E-state index contributed by atoms with van der Waals surface area (Å²) in [5, 5.41) is 6.64. The van der Waals surface area contributed by atoms with Crippen molar-refractivity contribution in [1.29, 1.82) is 0 Å². The fourth-order valence-electron chi connectivity index (χ4n) is 2.32. The first-order chi connectivity index (χ1) is 9.36. The molecule has 5 heteroatoms. The van der Waals surface area contributed by atoms with Gasteiger partial charge in [-0.25, -0.2) is 0 Å². The molecule has 5 nitrogen and oxygen atoms in total. The molecule has 0 aromatic rings. The minimum atomic E-state index is 0.791. The van der Waals surface area contributed by atoms with Crippen LogP contribution in [0.25, 0.3) is 0 Å². The fourth-order valence-corrected chi connectivity index (χ4v) is 2.32. The second kappa shape index (κ2) is 11.1. The van der Waals surface area contributed by atoms with Gasteiger partial charge in [-0.05, 0) is 51.7 Å². The van der Waals surface area contributed by atoms with Gasteiger partial charge < -0.3 is 20.3 Å². The molecule has 19 heavy (non-hydrogen) atoms. The topological polar surface area (TPSA) is 48.9 Å². The lowest BCUT2D eigenvalue weighted by molar-refractivity contribution is 0.195. The Morgan fingerprint density at radius 3 is 2.42 bits per heavy atom.